The smallest absolute Gasteiger partial charge is 0.240 e. The number of likely N-dealkylation sites (tertiary alicyclic amines) is 1. The summed E-state index contributed by atoms with van der Waals surface area (Å²) in [5.41, 5.74) is 1.99. The van der Waals surface area contributed by atoms with Crippen LogP contribution in [0.3, 0.4) is 0 Å². The third-order valence-electron chi connectivity index (χ3n) is 8.12. The van der Waals surface area contributed by atoms with Crippen molar-refractivity contribution in [1.82, 2.24) is 15.5 Å². The van der Waals surface area contributed by atoms with E-state index in [0.717, 1.165) is 31.5 Å². The van der Waals surface area contributed by atoms with Crippen molar-refractivity contribution in [2.45, 2.75) is 57.8 Å². The number of fused-ring (bicyclic) bond motifs is 1. The number of amides is 1. The van der Waals surface area contributed by atoms with E-state index in [1.807, 2.05) is 18.2 Å². The predicted molar refractivity (Wildman–Crippen MR) is 129 cm³/mol. The van der Waals surface area contributed by atoms with Crippen molar-refractivity contribution in [2.24, 2.45) is 23.7 Å². The molecule has 0 radical (unpaired) electrons. The first-order chi connectivity index (χ1) is 15.5. The van der Waals surface area contributed by atoms with Crippen LogP contribution < -0.4 is 10.6 Å². The fraction of sp³-hybridized carbons (Fsp3) is 0.536. The lowest BCUT2D eigenvalue weighted by atomic mass is 9.56. The second kappa shape index (κ2) is 8.64. The minimum absolute atomic E-state index is 0.189. The van der Waals surface area contributed by atoms with Gasteiger partial charge in [0.25, 0.3) is 0 Å². The molecule has 170 valence electrons. The van der Waals surface area contributed by atoms with Crippen LogP contribution in [0.1, 0.15) is 38.3 Å². The van der Waals surface area contributed by atoms with Crippen molar-refractivity contribution in [3.05, 3.63) is 71.8 Å². The number of hydrogen-bond donors (Lipinski definition) is 2. The first-order valence-electron chi connectivity index (χ1n) is 12.4. The van der Waals surface area contributed by atoms with E-state index >= 15 is 0 Å². The summed E-state index contributed by atoms with van der Waals surface area (Å²) >= 11 is 0. The normalized spacial score (nSPS) is 33.6. The van der Waals surface area contributed by atoms with Crippen LogP contribution in [0.5, 0.6) is 0 Å². The number of hydrogen-bond acceptors (Lipinski definition) is 3. The summed E-state index contributed by atoms with van der Waals surface area (Å²) in [4.78, 5) is 16.7. The number of nitrogens with zero attached hydrogens (tertiary/aromatic N) is 1. The van der Waals surface area contributed by atoms with Gasteiger partial charge in [0.15, 0.2) is 0 Å². The summed E-state index contributed by atoms with van der Waals surface area (Å²) in [5, 5.41) is 7.20. The number of nitrogens with one attached hydrogen (secondary N) is 2. The Labute approximate surface area is 192 Å². The molecule has 1 aliphatic carbocycles. The van der Waals surface area contributed by atoms with Gasteiger partial charge in [0.05, 0.1) is 0 Å². The van der Waals surface area contributed by atoms with E-state index in [9.17, 15) is 4.79 Å². The van der Waals surface area contributed by atoms with Crippen LogP contribution in [-0.4, -0.2) is 41.5 Å². The fourth-order valence-electron chi connectivity index (χ4n) is 7.11. The van der Waals surface area contributed by atoms with Gasteiger partial charge in [-0.15, -0.1) is 0 Å². The Morgan fingerprint density at radius 3 is 2.41 bits per heavy atom. The van der Waals surface area contributed by atoms with Gasteiger partial charge in [0, 0.05) is 37.6 Å². The molecule has 4 nitrogen and oxygen atoms in total. The molecular formula is C28H37N3O. The summed E-state index contributed by atoms with van der Waals surface area (Å²) in [7, 11) is 0. The molecular weight excluding hydrogens is 394 g/mol. The van der Waals surface area contributed by atoms with Gasteiger partial charge in [0.2, 0.25) is 5.91 Å². The minimum Gasteiger partial charge on any atom is -0.350 e. The molecule has 3 saturated heterocycles. The fourth-order valence-corrected chi connectivity index (χ4v) is 7.11. The van der Waals surface area contributed by atoms with Gasteiger partial charge in [0.1, 0.15) is 5.54 Å². The molecule has 1 amide bonds. The SMILES string of the molecule is CC(C)CN1C[C@H]2C[C@]3(C(=O)NCc4ccccc4)NC(C)[C@H]2[C@H]1[C@H]3Cc1ccccc1. The monoisotopic (exact) mass is 431 g/mol. The minimum atomic E-state index is -0.500. The first-order valence-corrected chi connectivity index (χ1v) is 12.4. The maximum atomic E-state index is 14.0. The van der Waals surface area contributed by atoms with Gasteiger partial charge in [-0.05, 0) is 48.6 Å². The highest BCUT2D eigenvalue weighted by atomic mass is 16.2. The molecule has 4 fully saturated rings. The Kier molecular flexibility index (Phi) is 5.85. The number of piperidine rings is 2. The standard InChI is InChI=1S/C28H37N3O/c1-19(2)17-31-18-23-15-28(27(32)29-16-22-12-8-5-9-13-22)24(14-21-10-6-4-7-11-21)26(31)25(23)20(3)30-28/h4-13,19-20,23-26,30H,14-18H2,1-3H3,(H,29,32)/t20?,23-,24-,25-,26-,28+/m1/s1. The summed E-state index contributed by atoms with van der Waals surface area (Å²) in [6.07, 6.45) is 1.90. The molecule has 3 aliphatic heterocycles. The summed E-state index contributed by atoms with van der Waals surface area (Å²) in [6, 6.07) is 21.9. The predicted octanol–water partition coefficient (Wildman–Crippen LogP) is 3.87. The molecule has 6 rings (SSSR count). The van der Waals surface area contributed by atoms with Crippen LogP contribution in [0.15, 0.2) is 60.7 Å². The largest absolute Gasteiger partial charge is 0.350 e. The lowest BCUT2D eigenvalue weighted by molar-refractivity contribution is -0.141. The quantitative estimate of drug-likeness (QED) is 0.700. The van der Waals surface area contributed by atoms with Crippen LogP contribution in [0.2, 0.25) is 0 Å². The lowest BCUT2D eigenvalue weighted by Gasteiger charge is -2.59. The second-order valence-corrected chi connectivity index (χ2v) is 10.7. The lowest BCUT2D eigenvalue weighted by Crippen LogP contribution is -2.76. The maximum Gasteiger partial charge on any atom is 0.240 e. The van der Waals surface area contributed by atoms with Gasteiger partial charge in [-0.3, -0.25) is 9.69 Å². The van der Waals surface area contributed by atoms with E-state index in [2.05, 4.69) is 78.8 Å². The van der Waals surface area contributed by atoms with Gasteiger partial charge >= 0.3 is 0 Å². The van der Waals surface area contributed by atoms with Crippen LogP contribution >= 0.6 is 0 Å². The van der Waals surface area contributed by atoms with E-state index in [1.54, 1.807) is 0 Å². The summed E-state index contributed by atoms with van der Waals surface area (Å²) in [5.74, 6) is 2.33. The molecule has 32 heavy (non-hydrogen) atoms. The highest BCUT2D eigenvalue weighted by Gasteiger charge is 2.66. The number of carbonyl (C=O) groups excluding carboxylic acids is 1. The number of benzene rings is 2. The Morgan fingerprint density at radius 1 is 1.09 bits per heavy atom. The van der Waals surface area contributed by atoms with E-state index in [4.69, 9.17) is 0 Å². The topological polar surface area (TPSA) is 44.4 Å². The van der Waals surface area contributed by atoms with Crippen LogP contribution in [-0.2, 0) is 17.8 Å². The Balaban J connectivity index is 1.47. The van der Waals surface area contributed by atoms with Crippen molar-refractivity contribution in [1.29, 1.82) is 0 Å². The highest BCUT2D eigenvalue weighted by molar-refractivity contribution is 5.87. The first kappa shape index (κ1) is 21.7. The highest BCUT2D eigenvalue weighted by Crippen LogP contribution is 2.55. The Morgan fingerprint density at radius 2 is 1.75 bits per heavy atom. The second-order valence-electron chi connectivity index (χ2n) is 10.7. The Bertz CT molecular complexity index is 930. The van der Waals surface area contributed by atoms with Gasteiger partial charge in [-0.2, -0.15) is 0 Å². The van der Waals surface area contributed by atoms with Crippen LogP contribution in [0.25, 0.3) is 0 Å². The van der Waals surface area contributed by atoms with Gasteiger partial charge in [-0.25, -0.2) is 0 Å². The van der Waals surface area contributed by atoms with Crippen molar-refractivity contribution < 1.29 is 4.79 Å². The molecule has 2 N–H and O–H groups in total. The van der Waals surface area contributed by atoms with Gasteiger partial charge in [-0.1, -0.05) is 74.5 Å². The summed E-state index contributed by atoms with van der Waals surface area (Å²) in [6.45, 7) is 9.79. The molecule has 0 spiro atoms. The van der Waals surface area contributed by atoms with Gasteiger partial charge < -0.3 is 10.6 Å². The average molecular weight is 432 g/mol. The van der Waals surface area contributed by atoms with Crippen molar-refractivity contribution >= 4 is 5.91 Å². The van der Waals surface area contributed by atoms with E-state index < -0.39 is 5.54 Å². The maximum absolute atomic E-state index is 14.0. The molecule has 0 aromatic heterocycles. The van der Waals surface area contributed by atoms with Crippen molar-refractivity contribution in [3.8, 4) is 0 Å². The van der Waals surface area contributed by atoms with Crippen LogP contribution in [0, 0.1) is 23.7 Å². The molecule has 4 bridgehead atoms. The third kappa shape index (κ3) is 3.78. The van der Waals surface area contributed by atoms with Crippen LogP contribution in [0.4, 0.5) is 0 Å². The zero-order valence-electron chi connectivity index (χ0n) is 19.6. The summed E-state index contributed by atoms with van der Waals surface area (Å²) < 4.78 is 0. The van der Waals surface area contributed by atoms with Crippen molar-refractivity contribution in [2.75, 3.05) is 13.1 Å². The van der Waals surface area contributed by atoms with E-state index in [0.29, 0.717) is 36.4 Å². The zero-order valence-corrected chi connectivity index (χ0v) is 19.6. The molecule has 6 atom stereocenters. The molecule has 3 heterocycles. The average Bonchev–Trinajstić information content (AvgIpc) is 3.09. The molecule has 2 aromatic rings. The van der Waals surface area contributed by atoms with E-state index in [-0.39, 0.29) is 11.8 Å². The molecule has 1 unspecified atom stereocenters. The molecule has 1 saturated carbocycles. The third-order valence-corrected chi connectivity index (χ3v) is 8.12. The van der Waals surface area contributed by atoms with Crippen molar-refractivity contribution in [3.63, 3.8) is 0 Å². The molecule has 4 heteroatoms. The van der Waals surface area contributed by atoms with E-state index in [1.165, 1.54) is 5.56 Å². The molecule has 2 aromatic carbocycles. The number of carbonyl (C=O) groups is 1. The number of rotatable bonds is 7. The molecule has 4 aliphatic rings. The Hall–Kier alpha value is -2.17. The zero-order chi connectivity index (χ0) is 22.3.